The van der Waals surface area contributed by atoms with Crippen molar-refractivity contribution in [1.29, 1.82) is 0 Å². The van der Waals surface area contributed by atoms with E-state index in [4.69, 9.17) is 5.11 Å². The fourth-order valence-corrected chi connectivity index (χ4v) is 1.31. The molecule has 0 aliphatic heterocycles. The van der Waals surface area contributed by atoms with Crippen LogP contribution in [-0.4, -0.2) is 21.0 Å². The van der Waals surface area contributed by atoms with E-state index in [0.717, 1.165) is 18.2 Å². The summed E-state index contributed by atoms with van der Waals surface area (Å²) >= 11 is 0. The third-order valence-corrected chi connectivity index (χ3v) is 2.05. The lowest BCUT2D eigenvalue weighted by Crippen LogP contribution is -2.04. The van der Waals surface area contributed by atoms with Gasteiger partial charge in [-0.05, 0) is 24.3 Å². The lowest BCUT2D eigenvalue weighted by atomic mass is 10.1. The number of benzene rings is 1. The molecule has 0 bridgehead atoms. The van der Waals surface area contributed by atoms with Gasteiger partial charge in [-0.1, -0.05) is 0 Å². The summed E-state index contributed by atoms with van der Waals surface area (Å²) in [5.74, 6) is -3.10. The van der Waals surface area contributed by atoms with Gasteiger partial charge in [0, 0.05) is 11.8 Å². The number of halogens is 2. The fraction of sp³-hybridized carbons (Fsp3) is 0. The Balaban J connectivity index is 2.56. The molecule has 2 aromatic rings. The van der Waals surface area contributed by atoms with Gasteiger partial charge in [0.2, 0.25) is 5.82 Å². The molecule has 4 nitrogen and oxygen atoms in total. The highest BCUT2D eigenvalue weighted by molar-refractivity contribution is 5.83. The first-order valence-corrected chi connectivity index (χ1v) is 4.59. The monoisotopic (exact) mass is 236 g/mol. The first-order valence-electron chi connectivity index (χ1n) is 4.59. The van der Waals surface area contributed by atoms with E-state index in [9.17, 15) is 13.6 Å². The Kier molecular flexibility index (Phi) is 2.78. The maximum Gasteiger partial charge on any atom is 0.373 e. The maximum atomic E-state index is 13.4. The summed E-state index contributed by atoms with van der Waals surface area (Å²) in [6.07, 6.45) is 1.18. The van der Waals surface area contributed by atoms with Crippen LogP contribution in [0.1, 0.15) is 10.6 Å². The Hall–Kier alpha value is -2.37. The lowest BCUT2D eigenvalue weighted by molar-refractivity contribution is 0.0683. The van der Waals surface area contributed by atoms with Gasteiger partial charge in [-0.3, -0.25) is 0 Å². The number of carboxylic acids is 1. The van der Waals surface area contributed by atoms with Crippen LogP contribution in [-0.2, 0) is 0 Å². The second-order valence-electron chi connectivity index (χ2n) is 3.19. The third-order valence-electron chi connectivity index (χ3n) is 2.05. The van der Waals surface area contributed by atoms with Gasteiger partial charge in [-0.2, -0.15) is 0 Å². The number of rotatable bonds is 2. The SMILES string of the molecule is O=C(O)c1nccc(-c2cc(F)ccc2F)n1. The van der Waals surface area contributed by atoms with Gasteiger partial charge >= 0.3 is 5.97 Å². The third kappa shape index (κ3) is 2.25. The number of carbonyl (C=O) groups is 1. The second kappa shape index (κ2) is 4.25. The van der Waals surface area contributed by atoms with E-state index >= 15 is 0 Å². The number of hydrogen-bond acceptors (Lipinski definition) is 3. The minimum Gasteiger partial charge on any atom is -0.475 e. The predicted molar refractivity (Wildman–Crippen MR) is 54.3 cm³/mol. The van der Waals surface area contributed by atoms with Crippen molar-refractivity contribution < 1.29 is 18.7 Å². The first kappa shape index (κ1) is 11.1. The Labute approximate surface area is 94.6 Å². The molecule has 0 amide bonds. The van der Waals surface area contributed by atoms with Crippen LogP contribution in [0, 0.1) is 11.6 Å². The van der Waals surface area contributed by atoms with Crippen molar-refractivity contribution in [2.75, 3.05) is 0 Å². The van der Waals surface area contributed by atoms with Crippen LogP contribution in [0.25, 0.3) is 11.3 Å². The zero-order valence-corrected chi connectivity index (χ0v) is 8.39. The summed E-state index contributed by atoms with van der Waals surface area (Å²) in [6, 6.07) is 4.18. The van der Waals surface area contributed by atoms with E-state index in [1.54, 1.807) is 0 Å². The van der Waals surface area contributed by atoms with Crippen molar-refractivity contribution in [1.82, 2.24) is 9.97 Å². The number of carboxylic acid groups (broad SMARTS) is 1. The molecule has 0 spiro atoms. The van der Waals surface area contributed by atoms with E-state index in [-0.39, 0.29) is 11.3 Å². The molecule has 86 valence electrons. The highest BCUT2D eigenvalue weighted by atomic mass is 19.1. The zero-order valence-electron chi connectivity index (χ0n) is 8.39. The fourth-order valence-electron chi connectivity index (χ4n) is 1.31. The van der Waals surface area contributed by atoms with Crippen molar-refractivity contribution in [3.8, 4) is 11.3 Å². The van der Waals surface area contributed by atoms with Gasteiger partial charge in [0.1, 0.15) is 11.6 Å². The molecule has 0 saturated heterocycles. The molecule has 1 aromatic heterocycles. The van der Waals surface area contributed by atoms with Crippen LogP contribution < -0.4 is 0 Å². The number of aromatic nitrogens is 2. The van der Waals surface area contributed by atoms with Gasteiger partial charge in [0.15, 0.2) is 0 Å². The summed E-state index contributed by atoms with van der Waals surface area (Å²) in [6.45, 7) is 0. The average Bonchev–Trinajstić information content (AvgIpc) is 2.32. The van der Waals surface area contributed by atoms with E-state index in [1.807, 2.05) is 0 Å². The highest BCUT2D eigenvalue weighted by Gasteiger charge is 2.12. The molecule has 17 heavy (non-hydrogen) atoms. The molecule has 1 aromatic carbocycles. The van der Waals surface area contributed by atoms with Gasteiger partial charge < -0.3 is 5.11 Å². The van der Waals surface area contributed by atoms with Crippen LogP contribution in [0.4, 0.5) is 8.78 Å². The summed E-state index contributed by atoms with van der Waals surface area (Å²) in [7, 11) is 0. The molecule has 0 unspecified atom stereocenters. The lowest BCUT2D eigenvalue weighted by Gasteiger charge is -2.03. The smallest absolute Gasteiger partial charge is 0.373 e. The molecule has 0 radical (unpaired) electrons. The summed E-state index contributed by atoms with van der Waals surface area (Å²) < 4.78 is 26.4. The van der Waals surface area contributed by atoms with E-state index in [2.05, 4.69) is 9.97 Å². The standard InChI is InChI=1S/C11H6F2N2O2/c12-6-1-2-8(13)7(5-6)9-3-4-14-10(15-9)11(16)17/h1-5H,(H,16,17). The van der Waals surface area contributed by atoms with Crippen molar-refractivity contribution in [3.05, 3.63) is 47.9 Å². The molecule has 1 N–H and O–H groups in total. The quantitative estimate of drug-likeness (QED) is 0.867. The van der Waals surface area contributed by atoms with Crippen LogP contribution in [0.2, 0.25) is 0 Å². The second-order valence-corrected chi connectivity index (χ2v) is 3.19. The Morgan fingerprint density at radius 1 is 1.24 bits per heavy atom. The van der Waals surface area contributed by atoms with E-state index < -0.39 is 23.4 Å². The minimum atomic E-state index is -1.33. The highest BCUT2D eigenvalue weighted by Crippen LogP contribution is 2.21. The molecule has 2 rings (SSSR count). The molecule has 0 saturated carbocycles. The maximum absolute atomic E-state index is 13.4. The molecule has 0 aliphatic carbocycles. The molecule has 0 atom stereocenters. The molecule has 1 heterocycles. The van der Waals surface area contributed by atoms with E-state index in [1.165, 1.54) is 12.3 Å². The zero-order chi connectivity index (χ0) is 12.4. The first-order chi connectivity index (χ1) is 8.08. The molecule has 6 heteroatoms. The summed E-state index contributed by atoms with van der Waals surface area (Å²) in [4.78, 5) is 17.8. The summed E-state index contributed by atoms with van der Waals surface area (Å²) in [5.41, 5.74) is -0.0794. The minimum absolute atomic E-state index is 0.0226. The van der Waals surface area contributed by atoms with Crippen molar-refractivity contribution in [2.24, 2.45) is 0 Å². The topological polar surface area (TPSA) is 63.1 Å². The largest absolute Gasteiger partial charge is 0.475 e. The van der Waals surface area contributed by atoms with Crippen molar-refractivity contribution in [3.63, 3.8) is 0 Å². The van der Waals surface area contributed by atoms with Gasteiger partial charge in [-0.15, -0.1) is 0 Å². The molecular weight excluding hydrogens is 230 g/mol. The molecular formula is C11H6F2N2O2. The van der Waals surface area contributed by atoms with E-state index in [0.29, 0.717) is 0 Å². The van der Waals surface area contributed by atoms with Crippen LogP contribution in [0.5, 0.6) is 0 Å². The van der Waals surface area contributed by atoms with Gasteiger partial charge in [0.25, 0.3) is 0 Å². The normalized spacial score (nSPS) is 10.2. The van der Waals surface area contributed by atoms with Crippen molar-refractivity contribution >= 4 is 5.97 Å². The van der Waals surface area contributed by atoms with Crippen LogP contribution in [0.15, 0.2) is 30.5 Å². The number of nitrogens with zero attached hydrogens (tertiary/aromatic N) is 2. The van der Waals surface area contributed by atoms with Crippen molar-refractivity contribution in [2.45, 2.75) is 0 Å². The van der Waals surface area contributed by atoms with Crippen LogP contribution >= 0.6 is 0 Å². The van der Waals surface area contributed by atoms with Gasteiger partial charge in [0.05, 0.1) is 5.69 Å². The molecule has 0 fully saturated rings. The Bertz CT molecular complexity index is 587. The molecule has 0 aliphatic rings. The average molecular weight is 236 g/mol. The summed E-state index contributed by atoms with van der Waals surface area (Å²) in [5, 5.41) is 8.69. The number of aromatic carboxylic acids is 1. The van der Waals surface area contributed by atoms with Gasteiger partial charge in [-0.25, -0.2) is 23.5 Å². The van der Waals surface area contributed by atoms with Crippen LogP contribution in [0.3, 0.4) is 0 Å². The Morgan fingerprint density at radius 2 is 2.00 bits per heavy atom. The Morgan fingerprint density at radius 3 is 2.71 bits per heavy atom. The predicted octanol–water partition coefficient (Wildman–Crippen LogP) is 2.12. The number of hydrogen-bond donors (Lipinski definition) is 1.